The van der Waals surface area contributed by atoms with E-state index >= 15 is 0 Å². The summed E-state index contributed by atoms with van der Waals surface area (Å²) in [6, 6.07) is 9.51. The van der Waals surface area contributed by atoms with E-state index in [9.17, 15) is 18.9 Å². The Morgan fingerprint density at radius 2 is 1.90 bits per heavy atom. The summed E-state index contributed by atoms with van der Waals surface area (Å²) in [7, 11) is 0. The number of benzene rings is 2. The number of nitrogens with zero attached hydrogens (tertiary/aromatic N) is 2. The van der Waals surface area contributed by atoms with E-state index in [1.54, 1.807) is 25.1 Å². The van der Waals surface area contributed by atoms with E-state index in [0.29, 0.717) is 11.7 Å². The van der Waals surface area contributed by atoms with Crippen LogP contribution in [0.4, 0.5) is 31.7 Å². The maximum atomic E-state index is 14.5. The zero-order valence-corrected chi connectivity index (χ0v) is 15.6. The molecule has 1 heterocycles. The molecular weight excluding hydrogens is 380 g/mol. The number of H-pyrrole nitrogens is 1. The fourth-order valence-corrected chi connectivity index (χ4v) is 3.13. The summed E-state index contributed by atoms with van der Waals surface area (Å²) in [6.45, 7) is 1.79. The van der Waals surface area contributed by atoms with Gasteiger partial charge in [0, 0.05) is 23.7 Å². The Balaban J connectivity index is 1.60. The molecule has 2 aromatic carbocycles. The second-order valence-corrected chi connectivity index (χ2v) is 7.13. The Morgan fingerprint density at radius 1 is 1.17 bits per heavy atom. The minimum absolute atomic E-state index is 0.0906. The van der Waals surface area contributed by atoms with Crippen molar-refractivity contribution < 1.29 is 13.7 Å². The van der Waals surface area contributed by atoms with E-state index in [2.05, 4.69) is 20.8 Å². The van der Waals surface area contributed by atoms with Crippen molar-refractivity contribution >= 4 is 22.9 Å². The molecular formula is C20H19F2N5O2. The predicted octanol–water partition coefficient (Wildman–Crippen LogP) is 5.39. The van der Waals surface area contributed by atoms with Crippen molar-refractivity contribution in [3.63, 3.8) is 0 Å². The number of hydrogen-bond acceptors (Lipinski definition) is 5. The fraction of sp³-hybridized carbons (Fsp3) is 0.250. The first kappa shape index (κ1) is 18.9. The second kappa shape index (κ2) is 7.50. The summed E-state index contributed by atoms with van der Waals surface area (Å²) in [6.07, 6.45) is 2.18. The van der Waals surface area contributed by atoms with Gasteiger partial charge in [-0.2, -0.15) is 5.10 Å². The maximum Gasteiger partial charge on any atom is 0.295 e. The standard InChI is InChI=1S/C20H19F2N5O2/c1-11(12-4-6-14(21)7-5-12)23-17-9-18(19(27(28)29)8-15(17)22)24-20-10-16(25-26-20)13-2-3-13/h4-11,13,23H,2-3H2,1H3,(H2,24,25,26). The second-order valence-electron chi connectivity index (χ2n) is 7.13. The number of nitrogens with one attached hydrogen (secondary N) is 3. The van der Waals surface area contributed by atoms with Gasteiger partial charge in [0.15, 0.2) is 11.6 Å². The summed E-state index contributed by atoms with van der Waals surface area (Å²) in [5.74, 6) is -0.232. The van der Waals surface area contributed by atoms with Crippen LogP contribution in [0.25, 0.3) is 0 Å². The highest BCUT2D eigenvalue weighted by atomic mass is 19.1. The average Bonchev–Trinajstić information content (AvgIpc) is 3.43. The highest BCUT2D eigenvalue weighted by Crippen LogP contribution is 2.40. The maximum absolute atomic E-state index is 14.5. The molecule has 4 rings (SSSR count). The van der Waals surface area contributed by atoms with Crippen molar-refractivity contribution in [1.29, 1.82) is 0 Å². The van der Waals surface area contributed by atoms with E-state index in [4.69, 9.17) is 0 Å². The third kappa shape index (κ3) is 4.18. The first-order valence-electron chi connectivity index (χ1n) is 9.23. The lowest BCUT2D eigenvalue weighted by atomic mass is 10.1. The number of aromatic amines is 1. The van der Waals surface area contributed by atoms with Gasteiger partial charge in [0.25, 0.3) is 5.69 Å². The smallest absolute Gasteiger partial charge is 0.295 e. The van der Waals surface area contributed by atoms with Crippen molar-refractivity contribution in [3.8, 4) is 0 Å². The summed E-state index contributed by atoms with van der Waals surface area (Å²) < 4.78 is 27.6. The van der Waals surface area contributed by atoms with Gasteiger partial charge < -0.3 is 10.6 Å². The summed E-state index contributed by atoms with van der Waals surface area (Å²) in [5, 5.41) is 24.3. The zero-order valence-electron chi connectivity index (χ0n) is 15.6. The molecule has 7 nitrogen and oxygen atoms in total. The Morgan fingerprint density at radius 3 is 2.55 bits per heavy atom. The number of anilines is 3. The molecule has 3 aromatic rings. The molecule has 1 fully saturated rings. The number of nitro groups is 1. The van der Waals surface area contributed by atoms with Gasteiger partial charge in [-0.25, -0.2) is 8.78 Å². The van der Waals surface area contributed by atoms with Crippen LogP contribution in [0.1, 0.15) is 43.0 Å². The fourth-order valence-electron chi connectivity index (χ4n) is 3.13. The number of hydrogen-bond donors (Lipinski definition) is 3. The van der Waals surface area contributed by atoms with Crippen LogP contribution in [0.5, 0.6) is 0 Å². The van der Waals surface area contributed by atoms with Crippen LogP contribution >= 0.6 is 0 Å². The minimum atomic E-state index is -0.753. The van der Waals surface area contributed by atoms with Crippen LogP contribution in [-0.4, -0.2) is 15.1 Å². The SMILES string of the molecule is CC(Nc1cc(Nc2cc(C3CC3)[nH]n2)c([N+](=O)[O-])cc1F)c1ccc(F)cc1. The summed E-state index contributed by atoms with van der Waals surface area (Å²) >= 11 is 0. The molecule has 1 aliphatic carbocycles. The lowest BCUT2D eigenvalue weighted by Gasteiger charge is -2.17. The Labute approximate surface area is 165 Å². The molecule has 1 saturated carbocycles. The molecule has 9 heteroatoms. The van der Waals surface area contributed by atoms with Crippen LogP contribution in [0.15, 0.2) is 42.5 Å². The highest BCUT2D eigenvalue weighted by molar-refractivity contribution is 5.73. The predicted molar refractivity (Wildman–Crippen MR) is 105 cm³/mol. The molecule has 29 heavy (non-hydrogen) atoms. The third-order valence-corrected chi connectivity index (χ3v) is 4.90. The van der Waals surface area contributed by atoms with E-state index in [-0.39, 0.29) is 23.2 Å². The zero-order chi connectivity index (χ0) is 20.5. The van der Waals surface area contributed by atoms with Crippen LogP contribution in [0, 0.1) is 21.7 Å². The van der Waals surface area contributed by atoms with Crippen LogP contribution in [0.2, 0.25) is 0 Å². The molecule has 0 saturated heterocycles. The Bertz CT molecular complexity index is 1050. The molecule has 1 aliphatic rings. The quantitative estimate of drug-likeness (QED) is 0.366. The van der Waals surface area contributed by atoms with Gasteiger partial charge in [0.2, 0.25) is 0 Å². The molecule has 0 spiro atoms. The highest BCUT2D eigenvalue weighted by Gasteiger charge is 2.26. The van der Waals surface area contributed by atoms with Crippen molar-refractivity contribution in [2.24, 2.45) is 0 Å². The van der Waals surface area contributed by atoms with Crippen molar-refractivity contribution in [1.82, 2.24) is 10.2 Å². The first-order chi connectivity index (χ1) is 13.9. The van der Waals surface area contributed by atoms with Crippen molar-refractivity contribution in [3.05, 3.63) is 75.5 Å². The third-order valence-electron chi connectivity index (χ3n) is 4.90. The normalized spacial score (nSPS) is 14.4. The van der Waals surface area contributed by atoms with Crippen molar-refractivity contribution in [2.75, 3.05) is 10.6 Å². The van der Waals surface area contributed by atoms with Crippen LogP contribution in [0.3, 0.4) is 0 Å². The Kier molecular flexibility index (Phi) is 4.87. The minimum Gasteiger partial charge on any atom is -0.376 e. The van der Waals surface area contributed by atoms with Gasteiger partial charge in [0.05, 0.1) is 16.7 Å². The van der Waals surface area contributed by atoms with E-state index in [0.717, 1.165) is 30.2 Å². The number of rotatable bonds is 7. The van der Waals surface area contributed by atoms with Gasteiger partial charge in [-0.3, -0.25) is 15.2 Å². The molecule has 1 unspecified atom stereocenters. The first-order valence-corrected chi connectivity index (χ1v) is 9.23. The molecule has 1 atom stereocenters. The number of halogens is 2. The number of aromatic nitrogens is 2. The topological polar surface area (TPSA) is 95.9 Å². The molecule has 0 amide bonds. The van der Waals surface area contributed by atoms with Crippen LogP contribution in [-0.2, 0) is 0 Å². The Hall–Kier alpha value is -3.49. The summed E-state index contributed by atoms with van der Waals surface area (Å²) in [5.41, 5.74) is 1.55. The largest absolute Gasteiger partial charge is 0.376 e. The molecule has 0 bridgehead atoms. The van der Waals surface area contributed by atoms with E-state index < -0.39 is 16.4 Å². The van der Waals surface area contributed by atoms with Gasteiger partial charge in [-0.05, 0) is 43.5 Å². The lowest BCUT2D eigenvalue weighted by molar-refractivity contribution is -0.384. The molecule has 0 aliphatic heterocycles. The average molecular weight is 399 g/mol. The number of nitro benzene ring substituents is 1. The van der Waals surface area contributed by atoms with Crippen LogP contribution < -0.4 is 10.6 Å². The molecule has 1 aromatic heterocycles. The molecule has 0 radical (unpaired) electrons. The van der Waals surface area contributed by atoms with Gasteiger partial charge in [-0.1, -0.05) is 12.1 Å². The summed E-state index contributed by atoms with van der Waals surface area (Å²) in [4.78, 5) is 10.7. The van der Waals surface area contributed by atoms with Gasteiger partial charge >= 0.3 is 0 Å². The van der Waals surface area contributed by atoms with Gasteiger partial charge in [0.1, 0.15) is 11.5 Å². The monoisotopic (exact) mass is 399 g/mol. The van der Waals surface area contributed by atoms with E-state index in [1.165, 1.54) is 18.2 Å². The van der Waals surface area contributed by atoms with E-state index in [1.807, 2.05) is 0 Å². The molecule has 3 N–H and O–H groups in total. The van der Waals surface area contributed by atoms with Gasteiger partial charge in [-0.15, -0.1) is 0 Å². The lowest BCUT2D eigenvalue weighted by Crippen LogP contribution is -2.09. The van der Waals surface area contributed by atoms with Crippen molar-refractivity contribution in [2.45, 2.75) is 31.7 Å². The molecule has 150 valence electrons.